The molecule has 0 spiro atoms. The van der Waals surface area contributed by atoms with Crippen molar-refractivity contribution in [1.82, 2.24) is 9.80 Å². The van der Waals surface area contributed by atoms with Gasteiger partial charge in [0.2, 0.25) is 0 Å². The van der Waals surface area contributed by atoms with Gasteiger partial charge in [0, 0.05) is 63.1 Å². The van der Waals surface area contributed by atoms with Crippen LogP contribution < -0.4 is 0 Å². The van der Waals surface area contributed by atoms with Gasteiger partial charge in [0.1, 0.15) is 24.1 Å². The van der Waals surface area contributed by atoms with Crippen molar-refractivity contribution in [1.29, 1.82) is 0 Å². The Morgan fingerprint density at radius 1 is 0.843 bits per heavy atom. The minimum Gasteiger partial charge on any atom is -0.458 e. The van der Waals surface area contributed by atoms with Gasteiger partial charge in [-0.15, -0.1) is 0 Å². The van der Waals surface area contributed by atoms with E-state index >= 15 is 9.59 Å². The zero-order valence-electron chi connectivity index (χ0n) is 43.6. The number of benzene rings is 1. The zero-order valence-corrected chi connectivity index (χ0v) is 43.6. The number of ketones is 1. The van der Waals surface area contributed by atoms with E-state index in [2.05, 4.69) is 4.90 Å². The minimum atomic E-state index is -1.54. The number of rotatable bonds is 13. The summed E-state index contributed by atoms with van der Waals surface area (Å²) in [5.41, 5.74) is -3.49. The van der Waals surface area contributed by atoms with E-state index in [1.165, 1.54) is 18.1 Å². The molecule has 4 aliphatic heterocycles. The van der Waals surface area contributed by atoms with Crippen molar-refractivity contribution in [3.05, 3.63) is 35.4 Å². The molecule has 15 nitrogen and oxygen atoms in total. The van der Waals surface area contributed by atoms with Crippen LogP contribution in [0.3, 0.4) is 0 Å². The second kappa shape index (κ2) is 21.9. The molecule has 4 heterocycles. The molecule has 0 aromatic heterocycles. The monoisotopic (exact) mass is 993 g/mol. The van der Waals surface area contributed by atoms with Gasteiger partial charge in [-0.2, -0.15) is 0 Å². The van der Waals surface area contributed by atoms with E-state index in [9.17, 15) is 23.8 Å². The number of halogens is 2. The van der Waals surface area contributed by atoms with Gasteiger partial charge >= 0.3 is 12.1 Å². The van der Waals surface area contributed by atoms with Crippen molar-refractivity contribution < 1.29 is 71.3 Å². The van der Waals surface area contributed by atoms with E-state index in [1.807, 2.05) is 27.7 Å². The summed E-state index contributed by atoms with van der Waals surface area (Å²) in [4.78, 5) is 48.2. The maximum absolute atomic E-state index is 15.2. The molecule has 1 amide bonds. The summed E-state index contributed by atoms with van der Waals surface area (Å²) < 4.78 is 80.4. The lowest BCUT2D eigenvalue weighted by Crippen LogP contribution is -2.65. The molecule has 18 atom stereocenters. The maximum Gasteiger partial charge on any atom is 0.410 e. The summed E-state index contributed by atoms with van der Waals surface area (Å²) in [7, 11) is 3.06. The van der Waals surface area contributed by atoms with E-state index in [1.54, 1.807) is 48.7 Å². The molecule has 2 saturated carbocycles. The average Bonchev–Trinajstić information content (AvgIpc) is 3.55. The first-order valence-corrected chi connectivity index (χ1v) is 26.0. The van der Waals surface area contributed by atoms with Gasteiger partial charge < -0.3 is 48.1 Å². The summed E-state index contributed by atoms with van der Waals surface area (Å²) in [6.07, 6.45) is -1.25. The number of methoxy groups -OCH3 is 2. The second-order valence-electron chi connectivity index (χ2n) is 22.3. The predicted molar refractivity (Wildman–Crippen MR) is 253 cm³/mol. The fraction of sp³-hybridized carbons (Fsp3) is 0.830. The SMILES string of the molecule is CCC1OC(=O)C(C)C(OC2CC(C)(OC)C(O)C(C)O2)C(C)C(OC2OC(C)CC(N(C3CCC3)C3CCC3)C2O)C(C)(OC)CC(C)C(=O)C(C)C2N(CCc3ccc(F)c(F)c3)C(=O)OC12C. The zero-order chi connectivity index (χ0) is 51.2. The summed E-state index contributed by atoms with van der Waals surface area (Å²) >= 11 is 0. The fourth-order valence-electron chi connectivity index (χ4n) is 12.8. The van der Waals surface area contributed by atoms with Crippen LogP contribution in [0.1, 0.15) is 139 Å². The standard InChI is InChI=1S/C53H82F2N2O13/c1-13-40-53(10)45(56(50(62)70-53)23-22-34-20-21-37(54)38(55)25-34)30(4)42(58)28(2)26-52(9,64-12)47(69-49-43(59)39(24-29(3)65-49)57(35-16-14-17-35)36-18-15-19-36)31(5)44(32(6)48(61)67-40)68-41-27-51(8,63-11)46(60)33(7)66-41/h20-21,25,28-33,35-36,39-41,43-47,49,59-60H,13-19,22-24,26-27H2,1-12H3. The van der Waals surface area contributed by atoms with Gasteiger partial charge in [-0.3, -0.25) is 19.4 Å². The highest BCUT2D eigenvalue weighted by Crippen LogP contribution is 2.46. The Kier molecular flexibility index (Phi) is 17.2. The maximum atomic E-state index is 15.2. The van der Waals surface area contributed by atoms with E-state index in [0.29, 0.717) is 24.1 Å². The Hall–Kier alpha value is -2.87. The van der Waals surface area contributed by atoms with Crippen molar-refractivity contribution in [2.75, 3.05) is 20.8 Å². The van der Waals surface area contributed by atoms with Crippen LogP contribution in [0, 0.1) is 35.3 Å². The molecule has 6 fully saturated rings. The lowest BCUT2D eigenvalue weighted by atomic mass is 9.73. The Morgan fingerprint density at radius 3 is 2.06 bits per heavy atom. The summed E-state index contributed by atoms with van der Waals surface area (Å²) in [5.74, 6) is -6.33. The number of aliphatic hydroxyl groups excluding tert-OH is 2. The van der Waals surface area contributed by atoms with Crippen LogP contribution in [0.4, 0.5) is 13.6 Å². The summed E-state index contributed by atoms with van der Waals surface area (Å²) in [5, 5.41) is 23.7. The molecule has 4 saturated heterocycles. The number of ether oxygens (including phenoxy) is 8. The molecule has 0 bridgehead atoms. The number of amides is 1. The number of esters is 1. The minimum absolute atomic E-state index is 0.00691. The number of aliphatic hydroxyl groups is 2. The van der Waals surface area contributed by atoms with Gasteiger partial charge in [-0.05, 0) is 111 Å². The molecular formula is C53H82F2N2O13. The average molecular weight is 993 g/mol. The molecule has 7 rings (SSSR count). The van der Waals surface area contributed by atoms with Crippen LogP contribution in [-0.2, 0) is 53.9 Å². The van der Waals surface area contributed by atoms with Crippen molar-refractivity contribution >= 4 is 17.8 Å². The van der Waals surface area contributed by atoms with Crippen LogP contribution in [-0.4, -0.2) is 155 Å². The first kappa shape index (κ1) is 54.9. The van der Waals surface area contributed by atoms with E-state index in [4.69, 9.17) is 37.9 Å². The molecule has 2 N–H and O–H groups in total. The molecule has 6 aliphatic rings. The number of carbonyl (C=O) groups excluding carboxylic acids is 3. The van der Waals surface area contributed by atoms with Gasteiger partial charge in [0.05, 0.1) is 47.6 Å². The topological polar surface area (TPSA) is 172 Å². The number of hydrogen-bond acceptors (Lipinski definition) is 14. The molecule has 1 aromatic carbocycles. The van der Waals surface area contributed by atoms with Crippen LogP contribution in [0.2, 0.25) is 0 Å². The first-order chi connectivity index (χ1) is 33.0. The smallest absolute Gasteiger partial charge is 0.410 e. The predicted octanol–water partition coefficient (Wildman–Crippen LogP) is 7.27. The molecule has 0 radical (unpaired) electrons. The molecule has 2 aliphatic carbocycles. The number of carbonyl (C=O) groups is 3. The number of hydrogen-bond donors (Lipinski definition) is 2. The van der Waals surface area contributed by atoms with Gasteiger partial charge in [0.25, 0.3) is 0 Å². The van der Waals surface area contributed by atoms with Gasteiger partial charge in [0.15, 0.2) is 29.8 Å². The molecular weight excluding hydrogens is 911 g/mol. The second-order valence-corrected chi connectivity index (χ2v) is 22.3. The van der Waals surface area contributed by atoms with Crippen LogP contribution >= 0.6 is 0 Å². The lowest BCUT2D eigenvalue weighted by molar-refractivity contribution is -0.321. The third kappa shape index (κ3) is 10.7. The molecule has 17 heteroatoms. The number of fused-ring (bicyclic) bond motifs is 1. The van der Waals surface area contributed by atoms with E-state index in [-0.39, 0.29) is 50.2 Å². The third-order valence-electron chi connectivity index (χ3n) is 17.5. The molecule has 70 heavy (non-hydrogen) atoms. The van der Waals surface area contributed by atoms with Gasteiger partial charge in [-0.25, -0.2) is 13.6 Å². The number of nitrogens with zero attached hydrogens (tertiary/aromatic N) is 2. The molecule has 1 aromatic rings. The van der Waals surface area contributed by atoms with Crippen molar-refractivity contribution in [3.8, 4) is 0 Å². The Balaban J connectivity index is 1.30. The van der Waals surface area contributed by atoms with Crippen molar-refractivity contribution in [3.63, 3.8) is 0 Å². The van der Waals surface area contributed by atoms with E-state index in [0.717, 1.165) is 50.7 Å². The Morgan fingerprint density at radius 2 is 1.49 bits per heavy atom. The lowest BCUT2D eigenvalue weighted by Gasteiger charge is -2.54. The normalized spacial score (nSPS) is 42.7. The Bertz CT molecular complexity index is 1980. The first-order valence-electron chi connectivity index (χ1n) is 26.0. The third-order valence-corrected chi connectivity index (χ3v) is 17.5. The largest absolute Gasteiger partial charge is 0.458 e. The fourth-order valence-corrected chi connectivity index (χ4v) is 12.8. The quantitative estimate of drug-likeness (QED) is 0.189. The van der Waals surface area contributed by atoms with Crippen LogP contribution in [0.25, 0.3) is 0 Å². The van der Waals surface area contributed by atoms with Crippen molar-refractivity contribution in [2.24, 2.45) is 23.7 Å². The van der Waals surface area contributed by atoms with Crippen molar-refractivity contribution in [2.45, 2.75) is 236 Å². The summed E-state index contributed by atoms with van der Waals surface area (Å²) in [6.45, 7) is 18.0. The molecule has 396 valence electrons. The van der Waals surface area contributed by atoms with E-state index < -0.39 is 119 Å². The highest BCUT2D eigenvalue weighted by atomic mass is 19.2. The van der Waals surface area contributed by atoms with Gasteiger partial charge in [-0.1, -0.05) is 46.6 Å². The van der Waals surface area contributed by atoms with Crippen LogP contribution in [0.5, 0.6) is 0 Å². The van der Waals surface area contributed by atoms with Crippen LogP contribution in [0.15, 0.2) is 18.2 Å². The summed E-state index contributed by atoms with van der Waals surface area (Å²) in [6, 6.07) is 3.10. The highest BCUT2D eigenvalue weighted by molar-refractivity contribution is 5.85. The highest BCUT2D eigenvalue weighted by Gasteiger charge is 2.61. The number of cyclic esters (lactones) is 1. The Labute approximate surface area is 413 Å². The molecule has 18 unspecified atom stereocenters. The number of Topliss-reactive ketones (excluding diaryl/α,β-unsaturated/α-hetero) is 1.